The van der Waals surface area contributed by atoms with Gasteiger partial charge < -0.3 is 9.80 Å². The zero-order valence-corrected chi connectivity index (χ0v) is 18.9. The molecule has 2 aliphatic rings. The van der Waals surface area contributed by atoms with E-state index in [4.69, 9.17) is 0 Å². The van der Waals surface area contributed by atoms with Crippen LogP contribution in [0.3, 0.4) is 0 Å². The summed E-state index contributed by atoms with van der Waals surface area (Å²) in [5.41, 5.74) is 5.99. The second-order valence-electron chi connectivity index (χ2n) is 8.50. The molecule has 1 aromatic heterocycles. The Balaban J connectivity index is 1.51. The van der Waals surface area contributed by atoms with Crippen LogP contribution in [0.1, 0.15) is 31.7 Å². The van der Waals surface area contributed by atoms with Crippen molar-refractivity contribution in [3.05, 3.63) is 54.4 Å². The van der Waals surface area contributed by atoms with Crippen molar-refractivity contribution in [3.63, 3.8) is 0 Å². The van der Waals surface area contributed by atoms with Crippen LogP contribution in [-0.2, 0) is 20.8 Å². The van der Waals surface area contributed by atoms with Gasteiger partial charge in [-0.3, -0.25) is 19.4 Å². The molecular formula is C25H29N5O3. The minimum absolute atomic E-state index is 0.0873. The molecule has 1 unspecified atom stereocenters. The van der Waals surface area contributed by atoms with Gasteiger partial charge in [-0.05, 0) is 41.7 Å². The molecule has 2 aliphatic heterocycles. The van der Waals surface area contributed by atoms with Crippen molar-refractivity contribution in [2.45, 2.75) is 32.6 Å². The number of carbonyl (C=O) groups is 3. The third kappa shape index (κ3) is 5.45. The molecule has 3 amide bonds. The Morgan fingerprint density at radius 1 is 1.03 bits per heavy atom. The molecule has 0 spiro atoms. The van der Waals surface area contributed by atoms with Gasteiger partial charge in [0.15, 0.2) is 0 Å². The van der Waals surface area contributed by atoms with E-state index in [2.05, 4.69) is 27.6 Å². The van der Waals surface area contributed by atoms with Gasteiger partial charge in [0.05, 0.1) is 5.92 Å². The van der Waals surface area contributed by atoms with Gasteiger partial charge >= 0.3 is 0 Å². The smallest absolute Gasteiger partial charge is 0.270 e. The van der Waals surface area contributed by atoms with Crippen LogP contribution in [0.5, 0.6) is 0 Å². The summed E-state index contributed by atoms with van der Waals surface area (Å²) in [7, 11) is 0. The third-order valence-electron chi connectivity index (χ3n) is 6.12. The van der Waals surface area contributed by atoms with Gasteiger partial charge in [0, 0.05) is 51.4 Å². The van der Waals surface area contributed by atoms with E-state index in [1.807, 2.05) is 36.1 Å². The van der Waals surface area contributed by atoms with E-state index >= 15 is 0 Å². The fourth-order valence-corrected chi connectivity index (χ4v) is 4.35. The minimum Gasteiger partial charge on any atom is -0.341 e. The lowest BCUT2D eigenvalue weighted by Gasteiger charge is -2.25. The van der Waals surface area contributed by atoms with Gasteiger partial charge in [0.25, 0.3) is 5.91 Å². The van der Waals surface area contributed by atoms with E-state index in [-0.39, 0.29) is 30.1 Å². The van der Waals surface area contributed by atoms with E-state index in [9.17, 15) is 14.4 Å². The van der Waals surface area contributed by atoms with Gasteiger partial charge in [-0.1, -0.05) is 31.2 Å². The Morgan fingerprint density at radius 3 is 2.42 bits per heavy atom. The van der Waals surface area contributed by atoms with Crippen LogP contribution in [0.25, 0.3) is 11.1 Å². The van der Waals surface area contributed by atoms with Gasteiger partial charge in [-0.25, -0.2) is 5.43 Å². The molecular weight excluding hydrogens is 418 g/mol. The predicted molar refractivity (Wildman–Crippen MR) is 125 cm³/mol. The molecule has 172 valence electrons. The van der Waals surface area contributed by atoms with E-state index in [1.165, 1.54) is 0 Å². The van der Waals surface area contributed by atoms with Crippen LogP contribution in [0, 0.1) is 5.92 Å². The van der Waals surface area contributed by atoms with E-state index < -0.39 is 0 Å². The van der Waals surface area contributed by atoms with Gasteiger partial charge in [0.2, 0.25) is 11.8 Å². The molecule has 8 heteroatoms. The van der Waals surface area contributed by atoms with Crippen molar-refractivity contribution in [1.82, 2.24) is 20.2 Å². The second kappa shape index (κ2) is 10.4. The summed E-state index contributed by atoms with van der Waals surface area (Å²) < 4.78 is 0. The Bertz CT molecular complexity index is 1040. The number of rotatable bonds is 6. The van der Waals surface area contributed by atoms with Gasteiger partial charge in [0.1, 0.15) is 5.71 Å². The van der Waals surface area contributed by atoms with Gasteiger partial charge in [-0.2, -0.15) is 5.10 Å². The quantitative estimate of drug-likeness (QED) is 0.735. The van der Waals surface area contributed by atoms with Crippen molar-refractivity contribution < 1.29 is 14.4 Å². The molecule has 3 heterocycles. The molecule has 1 saturated heterocycles. The van der Waals surface area contributed by atoms with Crippen LogP contribution in [0.4, 0.5) is 0 Å². The highest BCUT2D eigenvalue weighted by Crippen LogP contribution is 2.22. The molecule has 0 radical (unpaired) electrons. The molecule has 1 atom stereocenters. The van der Waals surface area contributed by atoms with Crippen LogP contribution in [0.2, 0.25) is 0 Å². The number of nitrogens with zero attached hydrogens (tertiary/aromatic N) is 4. The first-order chi connectivity index (χ1) is 16.0. The molecule has 0 bridgehead atoms. The summed E-state index contributed by atoms with van der Waals surface area (Å²) in [6.45, 7) is 4.05. The zero-order valence-electron chi connectivity index (χ0n) is 18.9. The number of hydrogen-bond donors (Lipinski definition) is 1. The SMILES string of the molecule is CCCN1CCN(C(=O)C2=NNC(=O)CC2)CC(Cc2ccc(-c3ccncc3)cc2)C1=O. The van der Waals surface area contributed by atoms with Crippen molar-refractivity contribution in [2.75, 3.05) is 26.2 Å². The monoisotopic (exact) mass is 447 g/mol. The predicted octanol–water partition coefficient (Wildman–Crippen LogP) is 2.25. The van der Waals surface area contributed by atoms with Crippen LogP contribution >= 0.6 is 0 Å². The number of hydrazone groups is 1. The Morgan fingerprint density at radius 2 is 1.76 bits per heavy atom. The molecule has 8 nitrogen and oxygen atoms in total. The molecule has 4 rings (SSSR count). The van der Waals surface area contributed by atoms with Gasteiger partial charge in [-0.15, -0.1) is 0 Å². The summed E-state index contributed by atoms with van der Waals surface area (Å²) in [4.78, 5) is 45.4. The largest absolute Gasteiger partial charge is 0.341 e. The minimum atomic E-state index is -0.325. The highest BCUT2D eigenvalue weighted by atomic mass is 16.2. The summed E-state index contributed by atoms with van der Waals surface area (Å²) in [6, 6.07) is 12.1. The van der Waals surface area contributed by atoms with Crippen LogP contribution < -0.4 is 5.43 Å². The van der Waals surface area contributed by atoms with Crippen LogP contribution in [0.15, 0.2) is 53.9 Å². The van der Waals surface area contributed by atoms with Crippen LogP contribution in [-0.4, -0.2) is 64.4 Å². The number of carbonyl (C=O) groups excluding carboxylic acids is 3. The Kier molecular flexibility index (Phi) is 7.12. The second-order valence-corrected chi connectivity index (χ2v) is 8.50. The first-order valence-corrected chi connectivity index (χ1v) is 11.5. The maximum absolute atomic E-state index is 13.3. The number of nitrogens with one attached hydrogen (secondary N) is 1. The molecule has 0 saturated carbocycles. The lowest BCUT2D eigenvalue weighted by Crippen LogP contribution is -2.43. The number of aromatic nitrogens is 1. The normalized spacial score (nSPS) is 19.1. The molecule has 33 heavy (non-hydrogen) atoms. The molecule has 1 fully saturated rings. The van der Waals surface area contributed by atoms with E-state index in [0.29, 0.717) is 44.7 Å². The van der Waals surface area contributed by atoms with Crippen molar-refractivity contribution in [2.24, 2.45) is 11.0 Å². The fraction of sp³-hybridized carbons (Fsp3) is 0.400. The molecule has 1 N–H and O–H groups in total. The van der Waals surface area contributed by atoms with Crippen molar-refractivity contribution in [3.8, 4) is 11.1 Å². The number of amides is 3. The van der Waals surface area contributed by atoms with Crippen molar-refractivity contribution in [1.29, 1.82) is 0 Å². The standard InChI is InChI=1S/C25H29N5O3/c1-2-13-29-14-15-30(25(33)22-7-8-23(31)28-27-22)17-21(24(29)32)16-18-3-5-19(6-4-18)20-9-11-26-12-10-20/h3-6,9-12,21H,2,7-8,13-17H2,1H3,(H,28,31). The van der Waals surface area contributed by atoms with E-state index in [1.54, 1.807) is 17.3 Å². The topological polar surface area (TPSA) is 95.0 Å². The summed E-state index contributed by atoms with van der Waals surface area (Å²) in [5, 5.41) is 3.96. The maximum atomic E-state index is 13.3. The number of benzene rings is 1. The summed E-state index contributed by atoms with van der Waals surface area (Å²) >= 11 is 0. The maximum Gasteiger partial charge on any atom is 0.270 e. The summed E-state index contributed by atoms with van der Waals surface area (Å²) in [5.74, 6) is -0.614. The highest BCUT2D eigenvalue weighted by Gasteiger charge is 2.34. The number of pyridine rings is 1. The third-order valence-corrected chi connectivity index (χ3v) is 6.12. The average molecular weight is 448 g/mol. The van der Waals surface area contributed by atoms with E-state index in [0.717, 1.165) is 23.1 Å². The summed E-state index contributed by atoms with van der Waals surface area (Å²) in [6.07, 6.45) is 5.54. The average Bonchev–Trinajstić information content (AvgIpc) is 3.00. The molecule has 2 aromatic rings. The fourth-order valence-electron chi connectivity index (χ4n) is 4.35. The first-order valence-electron chi connectivity index (χ1n) is 11.5. The van der Waals surface area contributed by atoms with Crippen molar-refractivity contribution >= 4 is 23.4 Å². The highest BCUT2D eigenvalue weighted by molar-refractivity contribution is 6.39. The molecule has 0 aliphatic carbocycles. The zero-order chi connectivity index (χ0) is 23.2. The molecule has 1 aromatic carbocycles. The number of hydrogen-bond acceptors (Lipinski definition) is 5. The lowest BCUT2D eigenvalue weighted by atomic mass is 9.95. The lowest BCUT2D eigenvalue weighted by molar-refractivity contribution is -0.134. The Labute approximate surface area is 193 Å². The first kappa shape index (κ1) is 22.6. The Hall–Kier alpha value is -3.55.